The Bertz CT molecular complexity index is 1220. The third-order valence-corrected chi connectivity index (χ3v) is 6.08. The number of carbonyl (C=O) groups excluding carboxylic acids is 2. The fourth-order valence-electron chi connectivity index (χ4n) is 2.77. The van der Waals surface area contributed by atoms with Crippen LogP contribution in [0.3, 0.4) is 0 Å². The number of imide groups is 1. The fraction of sp³-hybridized carbons (Fsp3) is 0.0476. The second-order valence-corrected chi connectivity index (χ2v) is 8.51. The molecule has 31 heavy (non-hydrogen) atoms. The van der Waals surface area contributed by atoms with Crippen molar-refractivity contribution in [2.24, 2.45) is 0 Å². The van der Waals surface area contributed by atoms with Gasteiger partial charge in [0.2, 0.25) is 11.1 Å². The molecule has 156 valence electrons. The Labute approximate surface area is 194 Å². The van der Waals surface area contributed by atoms with Crippen molar-refractivity contribution in [2.45, 2.75) is 6.54 Å². The van der Waals surface area contributed by atoms with Gasteiger partial charge in [0, 0.05) is 4.47 Å². The van der Waals surface area contributed by atoms with E-state index in [0.29, 0.717) is 5.56 Å². The van der Waals surface area contributed by atoms with Crippen LogP contribution < -0.4 is 4.74 Å². The summed E-state index contributed by atoms with van der Waals surface area (Å²) in [6.07, 6.45) is 2.50. The van der Waals surface area contributed by atoms with E-state index in [9.17, 15) is 14.0 Å². The molecule has 1 aromatic heterocycles. The number of aromatic nitrogens is 2. The van der Waals surface area contributed by atoms with Crippen molar-refractivity contribution in [3.8, 4) is 11.6 Å². The maximum absolute atomic E-state index is 13.8. The lowest BCUT2D eigenvalue weighted by Crippen LogP contribution is -2.27. The summed E-state index contributed by atoms with van der Waals surface area (Å²) in [4.78, 5) is 33.9. The maximum Gasteiger partial charge on any atom is 0.293 e. The summed E-state index contributed by atoms with van der Waals surface area (Å²) < 4.78 is 20.1. The molecular formula is C21H12BrClFN3O3S. The highest BCUT2D eigenvalue weighted by Crippen LogP contribution is 2.35. The van der Waals surface area contributed by atoms with Gasteiger partial charge in [0.1, 0.15) is 5.75 Å². The quantitative estimate of drug-likeness (QED) is 0.301. The van der Waals surface area contributed by atoms with Crippen LogP contribution >= 0.6 is 39.3 Å². The monoisotopic (exact) mass is 519 g/mol. The number of carbonyl (C=O) groups is 2. The minimum Gasteiger partial charge on any atom is -0.436 e. The van der Waals surface area contributed by atoms with Crippen LogP contribution in [0.1, 0.15) is 11.1 Å². The molecule has 0 N–H and O–H groups in total. The minimum atomic E-state index is -0.761. The van der Waals surface area contributed by atoms with Crippen LogP contribution in [0.25, 0.3) is 6.08 Å². The van der Waals surface area contributed by atoms with Crippen LogP contribution in [0.5, 0.6) is 11.6 Å². The van der Waals surface area contributed by atoms with E-state index in [1.54, 1.807) is 30.3 Å². The number of thioether (sulfide) groups is 1. The average molecular weight is 521 g/mol. The Morgan fingerprint density at radius 1 is 1.19 bits per heavy atom. The molecular weight excluding hydrogens is 509 g/mol. The lowest BCUT2D eigenvalue weighted by atomic mass is 10.2. The van der Waals surface area contributed by atoms with Gasteiger partial charge in [-0.2, -0.15) is 9.37 Å². The summed E-state index contributed by atoms with van der Waals surface area (Å²) in [7, 11) is 0. The van der Waals surface area contributed by atoms with E-state index in [1.165, 1.54) is 4.90 Å². The molecule has 0 unspecified atom stereocenters. The van der Waals surface area contributed by atoms with Crippen LogP contribution in [-0.4, -0.2) is 26.0 Å². The molecule has 0 aliphatic carbocycles. The first-order valence-corrected chi connectivity index (χ1v) is 10.8. The maximum atomic E-state index is 13.8. The van der Waals surface area contributed by atoms with Crippen molar-refractivity contribution in [1.29, 1.82) is 0 Å². The van der Waals surface area contributed by atoms with Gasteiger partial charge in [0.05, 0.1) is 17.6 Å². The largest absolute Gasteiger partial charge is 0.436 e. The molecule has 3 aromatic rings. The van der Waals surface area contributed by atoms with E-state index in [2.05, 4.69) is 25.9 Å². The summed E-state index contributed by atoms with van der Waals surface area (Å²) in [6, 6.07) is 14.0. The van der Waals surface area contributed by atoms with Gasteiger partial charge in [-0.1, -0.05) is 46.3 Å². The Morgan fingerprint density at radius 3 is 2.81 bits per heavy atom. The lowest BCUT2D eigenvalue weighted by Gasteiger charge is -2.13. The van der Waals surface area contributed by atoms with E-state index >= 15 is 0 Å². The zero-order valence-electron chi connectivity index (χ0n) is 15.6. The Morgan fingerprint density at radius 2 is 2.00 bits per heavy atom. The van der Waals surface area contributed by atoms with Gasteiger partial charge in [0.25, 0.3) is 17.0 Å². The van der Waals surface area contributed by atoms with Crippen molar-refractivity contribution in [3.63, 3.8) is 0 Å². The van der Waals surface area contributed by atoms with Gasteiger partial charge in [-0.3, -0.25) is 14.5 Å². The van der Waals surface area contributed by atoms with Gasteiger partial charge in [-0.15, -0.1) is 0 Å². The molecule has 0 saturated carbocycles. The molecule has 2 amide bonds. The molecule has 0 spiro atoms. The first-order valence-electron chi connectivity index (χ1n) is 8.85. The molecule has 2 heterocycles. The number of rotatable bonds is 5. The van der Waals surface area contributed by atoms with Crippen molar-refractivity contribution in [2.75, 3.05) is 0 Å². The zero-order chi connectivity index (χ0) is 22.0. The Kier molecular flexibility index (Phi) is 6.35. The van der Waals surface area contributed by atoms with Crippen LogP contribution in [0.4, 0.5) is 9.18 Å². The molecule has 10 heteroatoms. The molecule has 6 nitrogen and oxygen atoms in total. The third kappa shape index (κ3) is 4.95. The molecule has 1 saturated heterocycles. The molecule has 4 rings (SSSR count). The van der Waals surface area contributed by atoms with E-state index in [-0.39, 0.29) is 39.5 Å². The Hall–Kier alpha value is -2.75. The predicted octanol–water partition coefficient (Wildman–Crippen LogP) is 6.06. The number of ether oxygens (including phenoxy) is 1. The highest BCUT2D eigenvalue weighted by Gasteiger charge is 2.35. The molecule has 0 atom stereocenters. The molecule has 0 radical (unpaired) electrons. The predicted molar refractivity (Wildman–Crippen MR) is 119 cm³/mol. The first-order chi connectivity index (χ1) is 14.9. The SMILES string of the molecule is O=C1S/C(=C/c2cccc(Oc3nc(Cl)ncc3F)c2)C(=O)N1Cc1ccccc1Br. The highest BCUT2D eigenvalue weighted by atomic mass is 79.9. The smallest absolute Gasteiger partial charge is 0.293 e. The van der Waals surface area contributed by atoms with E-state index in [4.69, 9.17) is 16.3 Å². The van der Waals surface area contributed by atoms with E-state index in [1.807, 2.05) is 24.3 Å². The van der Waals surface area contributed by atoms with Crippen LogP contribution in [0.2, 0.25) is 5.28 Å². The van der Waals surface area contributed by atoms with E-state index in [0.717, 1.165) is 28.0 Å². The zero-order valence-corrected chi connectivity index (χ0v) is 18.7. The third-order valence-electron chi connectivity index (χ3n) is 4.21. The number of amides is 2. The summed E-state index contributed by atoms with van der Waals surface area (Å²) in [5.74, 6) is -1.17. The molecule has 0 bridgehead atoms. The minimum absolute atomic E-state index is 0.147. The summed E-state index contributed by atoms with van der Waals surface area (Å²) in [5.41, 5.74) is 1.43. The first kappa shape index (κ1) is 21.5. The summed E-state index contributed by atoms with van der Waals surface area (Å²) in [5, 5.41) is -0.497. The van der Waals surface area contributed by atoms with Crippen LogP contribution in [-0.2, 0) is 11.3 Å². The van der Waals surface area contributed by atoms with Crippen molar-refractivity contribution >= 4 is 56.5 Å². The second kappa shape index (κ2) is 9.17. The topological polar surface area (TPSA) is 72.4 Å². The van der Waals surface area contributed by atoms with Crippen molar-refractivity contribution in [3.05, 3.63) is 86.3 Å². The van der Waals surface area contributed by atoms with Gasteiger partial charge < -0.3 is 4.74 Å². The van der Waals surface area contributed by atoms with Crippen LogP contribution in [0, 0.1) is 5.82 Å². The van der Waals surface area contributed by atoms with Gasteiger partial charge in [-0.25, -0.2) is 4.98 Å². The van der Waals surface area contributed by atoms with Crippen LogP contribution in [0.15, 0.2) is 64.1 Å². The summed E-state index contributed by atoms with van der Waals surface area (Å²) in [6.45, 7) is 0.167. The Balaban J connectivity index is 1.54. The van der Waals surface area contributed by atoms with E-state index < -0.39 is 5.82 Å². The van der Waals surface area contributed by atoms with Crippen molar-refractivity contribution < 1.29 is 18.7 Å². The van der Waals surface area contributed by atoms with Crippen molar-refractivity contribution in [1.82, 2.24) is 14.9 Å². The molecule has 1 aliphatic heterocycles. The number of halogens is 3. The number of hydrogen-bond donors (Lipinski definition) is 0. The highest BCUT2D eigenvalue weighted by molar-refractivity contribution is 9.10. The van der Waals surface area contributed by atoms with Gasteiger partial charge >= 0.3 is 0 Å². The summed E-state index contributed by atoms with van der Waals surface area (Å²) >= 11 is 9.97. The number of benzene rings is 2. The molecule has 1 aliphatic rings. The standard InChI is InChI=1S/C21H12BrClFN3O3S/c22-15-7-2-1-5-13(15)11-27-19(28)17(31-21(27)29)9-12-4-3-6-14(8-12)30-18-16(24)10-25-20(23)26-18/h1-10H,11H2/b17-9+. The number of hydrogen-bond acceptors (Lipinski definition) is 6. The number of nitrogens with zero attached hydrogens (tertiary/aromatic N) is 3. The van der Waals surface area contributed by atoms with Gasteiger partial charge in [-0.05, 0) is 58.8 Å². The van der Waals surface area contributed by atoms with Gasteiger partial charge in [0.15, 0.2) is 0 Å². The average Bonchev–Trinajstić information content (AvgIpc) is 3.00. The fourth-order valence-corrected chi connectivity index (χ4v) is 4.14. The molecule has 2 aromatic carbocycles. The lowest BCUT2D eigenvalue weighted by molar-refractivity contribution is -0.123. The second-order valence-electron chi connectivity index (χ2n) is 6.33. The molecule has 1 fully saturated rings. The normalized spacial score (nSPS) is 15.1.